The molecule has 1 N–H and O–H groups in total. The first-order valence-electron chi connectivity index (χ1n) is 8.12. The quantitative estimate of drug-likeness (QED) is 0.826. The molecule has 0 aromatic rings. The van der Waals surface area contributed by atoms with E-state index in [2.05, 4.69) is 31.0 Å². The lowest BCUT2D eigenvalue weighted by Crippen LogP contribution is -2.52. The van der Waals surface area contributed by atoms with Crippen molar-refractivity contribution < 1.29 is 0 Å². The normalized spacial score (nSPS) is 32.0. The van der Waals surface area contributed by atoms with Gasteiger partial charge in [-0.2, -0.15) is 0 Å². The number of hydrogen-bond donors (Lipinski definition) is 1. The van der Waals surface area contributed by atoms with Crippen LogP contribution >= 0.6 is 0 Å². The molecule has 2 nitrogen and oxygen atoms in total. The van der Waals surface area contributed by atoms with E-state index in [1.165, 1.54) is 58.2 Å². The Kier molecular flexibility index (Phi) is 5.50. The maximum absolute atomic E-state index is 3.95. The van der Waals surface area contributed by atoms with Crippen LogP contribution in [0.3, 0.4) is 0 Å². The van der Waals surface area contributed by atoms with Gasteiger partial charge in [-0.25, -0.2) is 0 Å². The Bertz CT molecular complexity index is 231. The van der Waals surface area contributed by atoms with Gasteiger partial charge in [0.1, 0.15) is 0 Å². The van der Waals surface area contributed by atoms with E-state index in [9.17, 15) is 0 Å². The van der Waals surface area contributed by atoms with E-state index < -0.39 is 0 Å². The highest BCUT2D eigenvalue weighted by Gasteiger charge is 2.27. The third kappa shape index (κ3) is 4.55. The van der Waals surface area contributed by atoms with Crippen LogP contribution in [0.4, 0.5) is 0 Å². The minimum absolute atomic E-state index is 0.746. The Hall–Kier alpha value is -0.0800. The number of rotatable bonds is 4. The van der Waals surface area contributed by atoms with E-state index in [-0.39, 0.29) is 0 Å². The summed E-state index contributed by atoms with van der Waals surface area (Å²) in [5.41, 5.74) is 0. The van der Waals surface area contributed by atoms with Crippen LogP contribution in [0.25, 0.3) is 0 Å². The highest BCUT2D eigenvalue weighted by Crippen LogP contribution is 2.22. The van der Waals surface area contributed by atoms with Gasteiger partial charge in [-0.1, -0.05) is 40.0 Å². The van der Waals surface area contributed by atoms with Crippen LogP contribution in [0.15, 0.2) is 0 Å². The van der Waals surface area contributed by atoms with Crippen molar-refractivity contribution in [3.8, 4) is 0 Å². The minimum atomic E-state index is 0.746. The van der Waals surface area contributed by atoms with Crippen LogP contribution in [0.2, 0.25) is 0 Å². The summed E-state index contributed by atoms with van der Waals surface area (Å²) < 4.78 is 0. The van der Waals surface area contributed by atoms with Crippen LogP contribution in [0.5, 0.6) is 0 Å². The highest BCUT2D eigenvalue weighted by molar-refractivity contribution is 4.85. The molecule has 2 aliphatic rings. The molecular formula is C16H32N2. The zero-order valence-corrected chi connectivity index (χ0v) is 12.6. The van der Waals surface area contributed by atoms with Crippen molar-refractivity contribution in [1.29, 1.82) is 0 Å². The van der Waals surface area contributed by atoms with Crippen LogP contribution in [0, 0.1) is 11.8 Å². The summed E-state index contributed by atoms with van der Waals surface area (Å²) in [6.45, 7) is 10.9. The fourth-order valence-corrected chi connectivity index (χ4v) is 3.85. The molecule has 0 bridgehead atoms. The molecule has 1 heterocycles. The second-order valence-corrected chi connectivity index (χ2v) is 7.15. The van der Waals surface area contributed by atoms with Crippen molar-refractivity contribution in [2.45, 2.75) is 71.4 Å². The molecule has 2 unspecified atom stereocenters. The number of nitrogens with zero attached hydrogens (tertiary/aromatic N) is 1. The predicted molar refractivity (Wildman–Crippen MR) is 78.9 cm³/mol. The summed E-state index contributed by atoms with van der Waals surface area (Å²) in [6.07, 6.45) is 8.54. The molecule has 2 rings (SSSR count). The van der Waals surface area contributed by atoms with Crippen molar-refractivity contribution in [3.05, 3.63) is 0 Å². The third-order valence-electron chi connectivity index (χ3n) is 4.44. The monoisotopic (exact) mass is 252 g/mol. The lowest BCUT2D eigenvalue weighted by Gasteiger charge is -2.40. The van der Waals surface area contributed by atoms with E-state index in [0.29, 0.717) is 0 Å². The molecule has 2 atom stereocenters. The zero-order valence-electron chi connectivity index (χ0n) is 12.6. The van der Waals surface area contributed by atoms with E-state index >= 15 is 0 Å². The van der Waals surface area contributed by atoms with Gasteiger partial charge in [0.25, 0.3) is 0 Å². The van der Waals surface area contributed by atoms with Crippen LogP contribution in [0.1, 0.15) is 59.3 Å². The third-order valence-corrected chi connectivity index (χ3v) is 4.44. The molecule has 0 spiro atoms. The van der Waals surface area contributed by atoms with Gasteiger partial charge in [-0.15, -0.1) is 0 Å². The second kappa shape index (κ2) is 6.91. The molecule has 1 saturated heterocycles. The summed E-state index contributed by atoms with van der Waals surface area (Å²) in [5.74, 6) is 1.66. The number of piperidine rings is 1. The molecule has 1 aliphatic carbocycles. The molecule has 1 aliphatic heterocycles. The average Bonchev–Trinajstić information content (AvgIpc) is 2.28. The molecule has 0 aromatic heterocycles. The summed E-state index contributed by atoms with van der Waals surface area (Å²) in [7, 11) is 0. The highest BCUT2D eigenvalue weighted by atomic mass is 15.2. The topological polar surface area (TPSA) is 15.3 Å². The summed E-state index contributed by atoms with van der Waals surface area (Å²) in [4.78, 5) is 2.68. The molecule has 2 heteroatoms. The minimum Gasteiger partial charge on any atom is -0.310 e. The lowest BCUT2D eigenvalue weighted by atomic mass is 9.91. The maximum Gasteiger partial charge on any atom is 0.0200 e. The average molecular weight is 252 g/mol. The van der Waals surface area contributed by atoms with Gasteiger partial charge in [0.15, 0.2) is 0 Å². The van der Waals surface area contributed by atoms with Crippen molar-refractivity contribution in [3.63, 3.8) is 0 Å². The molecule has 1 saturated carbocycles. The largest absolute Gasteiger partial charge is 0.310 e. The van der Waals surface area contributed by atoms with Gasteiger partial charge >= 0.3 is 0 Å². The summed E-state index contributed by atoms with van der Waals surface area (Å²) in [5, 5.41) is 3.95. The summed E-state index contributed by atoms with van der Waals surface area (Å²) >= 11 is 0. The fraction of sp³-hybridized carbons (Fsp3) is 1.00. The maximum atomic E-state index is 3.95. The standard InChI is InChI=1S/C16H32N2/c1-13(2)10-18-11-14(3)9-16(12-18)17-15-7-5-4-6-8-15/h13-17H,4-12H2,1-3H3. The van der Waals surface area contributed by atoms with Gasteiger partial charge in [-0.3, -0.25) is 0 Å². The van der Waals surface area contributed by atoms with Crippen molar-refractivity contribution >= 4 is 0 Å². The van der Waals surface area contributed by atoms with E-state index in [1.54, 1.807) is 0 Å². The van der Waals surface area contributed by atoms with Gasteiger partial charge in [0.2, 0.25) is 0 Å². The van der Waals surface area contributed by atoms with Crippen LogP contribution in [-0.4, -0.2) is 36.6 Å². The first kappa shape index (κ1) is 14.3. The van der Waals surface area contributed by atoms with Gasteiger partial charge in [0.05, 0.1) is 0 Å². The second-order valence-electron chi connectivity index (χ2n) is 7.15. The smallest absolute Gasteiger partial charge is 0.0200 e. The van der Waals surface area contributed by atoms with Crippen molar-refractivity contribution in [1.82, 2.24) is 10.2 Å². The number of hydrogen-bond acceptors (Lipinski definition) is 2. The molecule has 0 amide bonds. The molecule has 18 heavy (non-hydrogen) atoms. The van der Waals surface area contributed by atoms with Gasteiger partial charge in [-0.05, 0) is 31.1 Å². The van der Waals surface area contributed by atoms with Crippen LogP contribution in [-0.2, 0) is 0 Å². The fourth-order valence-electron chi connectivity index (χ4n) is 3.85. The lowest BCUT2D eigenvalue weighted by molar-refractivity contribution is 0.126. The Balaban J connectivity index is 1.79. The molecule has 0 aromatic carbocycles. The molecule has 0 radical (unpaired) electrons. The first-order valence-corrected chi connectivity index (χ1v) is 8.12. The Morgan fingerprint density at radius 3 is 2.44 bits per heavy atom. The SMILES string of the molecule is CC(C)CN1CC(C)CC(NC2CCCCC2)C1. The molecule has 2 fully saturated rings. The van der Waals surface area contributed by atoms with Crippen molar-refractivity contribution in [2.75, 3.05) is 19.6 Å². The first-order chi connectivity index (χ1) is 8.63. The van der Waals surface area contributed by atoms with E-state index in [4.69, 9.17) is 0 Å². The Morgan fingerprint density at radius 1 is 1.06 bits per heavy atom. The van der Waals surface area contributed by atoms with Gasteiger partial charge in [0, 0.05) is 31.7 Å². The molecular weight excluding hydrogens is 220 g/mol. The van der Waals surface area contributed by atoms with Gasteiger partial charge < -0.3 is 10.2 Å². The Labute approximate surface area is 114 Å². The van der Waals surface area contributed by atoms with E-state index in [1.807, 2.05) is 0 Å². The Morgan fingerprint density at radius 2 is 1.78 bits per heavy atom. The van der Waals surface area contributed by atoms with Crippen molar-refractivity contribution in [2.24, 2.45) is 11.8 Å². The predicted octanol–water partition coefficient (Wildman–Crippen LogP) is 3.28. The van der Waals surface area contributed by atoms with E-state index in [0.717, 1.165) is 23.9 Å². The summed E-state index contributed by atoms with van der Waals surface area (Å²) in [6, 6.07) is 1.56. The van der Waals surface area contributed by atoms with Crippen LogP contribution < -0.4 is 5.32 Å². The molecule has 106 valence electrons. The number of nitrogens with one attached hydrogen (secondary N) is 1. The zero-order chi connectivity index (χ0) is 13.0. The number of likely N-dealkylation sites (tertiary alicyclic amines) is 1.